The molecular formula is C14H14Cl2F3NO. The van der Waals surface area contributed by atoms with Crippen molar-refractivity contribution in [2.75, 3.05) is 0 Å². The minimum atomic E-state index is -4.21. The third-order valence-electron chi connectivity index (χ3n) is 3.65. The van der Waals surface area contributed by atoms with Gasteiger partial charge in [-0.25, -0.2) is 0 Å². The Morgan fingerprint density at radius 1 is 1.24 bits per heavy atom. The molecule has 0 aliphatic heterocycles. The van der Waals surface area contributed by atoms with Crippen LogP contribution in [0.15, 0.2) is 18.2 Å². The summed E-state index contributed by atoms with van der Waals surface area (Å²) in [6, 6.07) is 3.94. The Morgan fingerprint density at radius 3 is 2.62 bits per heavy atom. The molecule has 1 amide bonds. The van der Waals surface area contributed by atoms with Crippen LogP contribution in [0.1, 0.15) is 36.0 Å². The molecule has 7 heteroatoms. The number of hydrogen-bond donors (Lipinski definition) is 1. The number of halogens is 5. The summed E-state index contributed by atoms with van der Waals surface area (Å²) in [7, 11) is 0. The van der Waals surface area contributed by atoms with Crippen LogP contribution in [0, 0.1) is 5.92 Å². The molecule has 1 aliphatic rings. The smallest absolute Gasteiger partial charge is 0.349 e. The first kappa shape index (κ1) is 16.4. The lowest BCUT2D eigenvalue weighted by Crippen LogP contribution is -2.41. The zero-order valence-corrected chi connectivity index (χ0v) is 12.5. The summed E-state index contributed by atoms with van der Waals surface area (Å²) in [5, 5.41) is 3.19. The number of hydrogen-bond acceptors (Lipinski definition) is 1. The molecule has 1 saturated carbocycles. The van der Waals surface area contributed by atoms with Crippen LogP contribution >= 0.6 is 23.2 Å². The molecule has 0 radical (unpaired) electrons. The maximum atomic E-state index is 12.7. The van der Waals surface area contributed by atoms with E-state index < -0.39 is 24.0 Å². The Kier molecular flexibility index (Phi) is 5.04. The van der Waals surface area contributed by atoms with Crippen LogP contribution in [0.3, 0.4) is 0 Å². The number of rotatable bonds is 2. The second kappa shape index (κ2) is 6.44. The summed E-state index contributed by atoms with van der Waals surface area (Å²) in [6.45, 7) is 0. The summed E-state index contributed by atoms with van der Waals surface area (Å²) >= 11 is 11.7. The molecule has 21 heavy (non-hydrogen) atoms. The van der Waals surface area contributed by atoms with Crippen molar-refractivity contribution in [2.45, 2.75) is 37.9 Å². The van der Waals surface area contributed by atoms with Crippen LogP contribution in [0.4, 0.5) is 13.2 Å². The Balaban J connectivity index is 2.04. The average molecular weight is 340 g/mol. The average Bonchev–Trinajstić information content (AvgIpc) is 2.41. The molecule has 0 saturated heterocycles. The van der Waals surface area contributed by atoms with Crippen molar-refractivity contribution >= 4 is 29.1 Å². The first-order valence-corrected chi connectivity index (χ1v) is 7.35. The van der Waals surface area contributed by atoms with Crippen molar-refractivity contribution in [1.82, 2.24) is 5.32 Å². The van der Waals surface area contributed by atoms with Gasteiger partial charge in [0, 0.05) is 11.1 Å². The molecule has 1 aromatic carbocycles. The molecule has 2 rings (SSSR count). The maximum Gasteiger partial charge on any atom is 0.391 e. The Morgan fingerprint density at radius 2 is 1.95 bits per heavy atom. The lowest BCUT2D eigenvalue weighted by Gasteiger charge is -2.31. The zero-order valence-electron chi connectivity index (χ0n) is 11.0. The van der Waals surface area contributed by atoms with E-state index in [4.69, 9.17) is 23.2 Å². The van der Waals surface area contributed by atoms with Crippen molar-refractivity contribution < 1.29 is 18.0 Å². The highest BCUT2D eigenvalue weighted by Gasteiger charge is 2.42. The zero-order chi connectivity index (χ0) is 15.6. The molecule has 0 bridgehead atoms. The fourth-order valence-corrected chi connectivity index (χ4v) is 2.93. The van der Waals surface area contributed by atoms with E-state index in [1.54, 1.807) is 6.07 Å². The van der Waals surface area contributed by atoms with Crippen LogP contribution < -0.4 is 5.32 Å². The van der Waals surface area contributed by atoms with E-state index in [1.165, 1.54) is 12.1 Å². The number of nitrogens with one attached hydrogen (secondary N) is 1. The number of amides is 1. The second-order valence-corrected chi connectivity index (χ2v) is 6.04. The van der Waals surface area contributed by atoms with Gasteiger partial charge in [-0.1, -0.05) is 29.6 Å². The third kappa shape index (κ3) is 4.27. The molecule has 0 heterocycles. The molecule has 1 aliphatic carbocycles. The highest BCUT2D eigenvalue weighted by molar-refractivity contribution is 6.35. The summed E-state index contributed by atoms with van der Waals surface area (Å²) in [5.41, 5.74) is 0.179. The van der Waals surface area contributed by atoms with Crippen LogP contribution in [0.5, 0.6) is 0 Å². The van der Waals surface area contributed by atoms with E-state index in [-0.39, 0.29) is 23.4 Å². The van der Waals surface area contributed by atoms with E-state index in [0.29, 0.717) is 17.9 Å². The fraction of sp³-hybridized carbons (Fsp3) is 0.500. The molecule has 1 N–H and O–H groups in total. The molecule has 1 aromatic rings. The van der Waals surface area contributed by atoms with E-state index >= 15 is 0 Å². The summed E-state index contributed by atoms with van der Waals surface area (Å²) in [5.74, 6) is -1.85. The van der Waals surface area contributed by atoms with Crippen LogP contribution in [-0.2, 0) is 0 Å². The van der Waals surface area contributed by atoms with Gasteiger partial charge in [-0.2, -0.15) is 13.2 Å². The standard InChI is InChI=1S/C14H14Cl2F3NO/c15-9-4-5-12(16)11(7-9)13(21)20-10-3-1-2-8(6-10)14(17,18)19/h4-5,7-8,10H,1-3,6H2,(H,20,21). The highest BCUT2D eigenvalue weighted by atomic mass is 35.5. The molecule has 2 atom stereocenters. The molecule has 1 fully saturated rings. The first-order chi connectivity index (χ1) is 9.77. The molecule has 2 nitrogen and oxygen atoms in total. The number of carbonyl (C=O) groups excluding carboxylic acids is 1. The van der Waals surface area contributed by atoms with Gasteiger partial charge in [-0.15, -0.1) is 0 Å². The summed E-state index contributed by atoms with van der Waals surface area (Å²) in [4.78, 5) is 12.1. The van der Waals surface area contributed by atoms with Crippen molar-refractivity contribution in [1.29, 1.82) is 0 Å². The quantitative estimate of drug-likeness (QED) is 0.820. The predicted octanol–water partition coefficient (Wildman–Crippen LogP) is 4.84. The SMILES string of the molecule is O=C(NC1CCCC(C(F)(F)F)C1)c1cc(Cl)ccc1Cl. The highest BCUT2D eigenvalue weighted by Crippen LogP contribution is 2.37. The van der Waals surface area contributed by atoms with Gasteiger partial charge in [0.1, 0.15) is 0 Å². The predicted molar refractivity (Wildman–Crippen MR) is 75.7 cm³/mol. The molecule has 0 spiro atoms. The lowest BCUT2D eigenvalue weighted by atomic mass is 9.85. The molecule has 116 valence electrons. The van der Waals surface area contributed by atoms with Crippen molar-refractivity contribution in [3.63, 3.8) is 0 Å². The largest absolute Gasteiger partial charge is 0.391 e. The summed E-state index contributed by atoms with van der Waals surface area (Å²) in [6.07, 6.45) is -3.20. The van der Waals surface area contributed by atoms with Gasteiger partial charge in [0.2, 0.25) is 0 Å². The second-order valence-electron chi connectivity index (χ2n) is 5.20. The maximum absolute atomic E-state index is 12.7. The van der Waals surface area contributed by atoms with Gasteiger partial charge in [-0.05, 0) is 37.5 Å². The fourth-order valence-electron chi connectivity index (χ4n) is 2.55. The molecular weight excluding hydrogens is 326 g/mol. The van der Waals surface area contributed by atoms with E-state index in [0.717, 1.165) is 0 Å². The van der Waals surface area contributed by atoms with Crippen LogP contribution in [0.2, 0.25) is 10.0 Å². The van der Waals surface area contributed by atoms with Crippen molar-refractivity contribution in [3.05, 3.63) is 33.8 Å². The lowest BCUT2D eigenvalue weighted by molar-refractivity contribution is -0.183. The van der Waals surface area contributed by atoms with E-state index in [9.17, 15) is 18.0 Å². The van der Waals surface area contributed by atoms with Crippen molar-refractivity contribution in [3.8, 4) is 0 Å². The summed E-state index contributed by atoms with van der Waals surface area (Å²) < 4.78 is 38.2. The number of carbonyl (C=O) groups is 1. The van der Waals surface area contributed by atoms with E-state index in [1.807, 2.05) is 0 Å². The van der Waals surface area contributed by atoms with Crippen LogP contribution in [0.25, 0.3) is 0 Å². The van der Waals surface area contributed by atoms with Gasteiger partial charge < -0.3 is 5.32 Å². The van der Waals surface area contributed by atoms with Gasteiger partial charge in [0.15, 0.2) is 0 Å². The van der Waals surface area contributed by atoms with Crippen molar-refractivity contribution in [2.24, 2.45) is 5.92 Å². The van der Waals surface area contributed by atoms with Gasteiger partial charge in [0.25, 0.3) is 5.91 Å². The number of benzene rings is 1. The topological polar surface area (TPSA) is 29.1 Å². The monoisotopic (exact) mass is 339 g/mol. The van der Waals surface area contributed by atoms with Crippen LogP contribution in [-0.4, -0.2) is 18.1 Å². The third-order valence-corrected chi connectivity index (χ3v) is 4.21. The van der Waals surface area contributed by atoms with Gasteiger partial charge >= 0.3 is 6.18 Å². The first-order valence-electron chi connectivity index (χ1n) is 6.60. The van der Waals surface area contributed by atoms with Gasteiger partial charge in [-0.3, -0.25) is 4.79 Å². The van der Waals surface area contributed by atoms with E-state index in [2.05, 4.69) is 5.32 Å². The molecule has 0 aromatic heterocycles. The Labute approximate surface area is 130 Å². The number of alkyl halides is 3. The minimum absolute atomic E-state index is 0.0899. The Hall–Kier alpha value is -0.940. The Bertz CT molecular complexity index is 533. The normalized spacial score (nSPS) is 22.9. The molecule has 2 unspecified atom stereocenters. The van der Waals surface area contributed by atoms with Gasteiger partial charge in [0.05, 0.1) is 16.5 Å². The minimum Gasteiger partial charge on any atom is -0.349 e.